The third-order valence-electron chi connectivity index (χ3n) is 7.95. The highest BCUT2D eigenvalue weighted by atomic mass is 16.6. The van der Waals surface area contributed by atoms with Crippen LogP contribution in [0.25, 0.3) is 0 Å². The fraction of sp³-hybridized carbons (Fsp3) is 0.594. The van der Waals surface area contributed by atoms with Crippen molar-refractivity contribution in [1.29, 1.82) is 0 Å². The fourth-order valence-corrected chi connectivity index (χ4v) is 5.58. The van der Waals surface area contributed by atoms with Gasteiger partial charge in [0.15, 0.2) is 0 Å². The second kappa shape index (κ2) is 15.3. The van der Waals surface area contributed by atoms with Crippen molar-refractivity contribution in [2.75, 3.05) is 66.1 Å². The van der Waals surface area contributed by atoms with Crippen LogP contribution in [0.5, 0.6) is 11.5 Å². The number of hydrogen-bond donors (Lipinski definition) is 1. The molecule has 2 unspecified atom stereocenters. The number of ether oxygens (including phenoxy) is 5. The quantitative estimate of drug-likeness (QED) is 0.344. The lowest BCUT2D eigenvalue weighted by molar-refractivity contribution is 0.000943. The lowest BCUT2D eigenvalue weighted by Gasteiger charge is -2.38. The van der Waals surface area contributed by atoms with E-state index in [2.05, 4.69) is 40.5 Å². The van der Waals surface area contributed by atoms with Crippen molar-refractivity contribution >= 4 is 11.8 Å². The second-order valence-electron chi connectivity index (χ2n) is 11.2. The van der Waals surface area contributed by atoms with E-state index >= 15 is 0 Å². The molecule has 0 bridgehead atoms. The molecule has 2 aromatic carbocycles. The van der Waals surface area contributed by atoms with Crippen molar-refractivity contribution in [3.8, 4) is 11.5 Å². The predicted octanol–water partition coefficient (Wildman–Crippen LogP) is 4.83. The van der Waals surface area contributed by atoms with Crippen LogP contribution in [0.1, 0.15) is 49.7 Å². The van der Waals surface area contributed by atoms with Crippen LogP contribution in [0.4, 0.5) is 10.5 Å². The molecule has 1 N–H and O–H groups in total. The highest BCUT2D eigenvalue weighted by Gasteiger charge is 2.32. The molecule has 2 aliphatic heterocycles. The monoisotopic (exact) mass is 569 g/mol. The van der Waals surface area contributed by atoms with Gasteiger partial charge in [0.05, 0.1) is 32.1 Å². The summed E-state index contributed by atoms with van der Waals surface area (Å²) in [6.45, 7) is 6.50. The van der Waals surface area contributed by atoms with E-state index in [9.17, 15) is 4.79 Å². The van der Waals surface area contributed by atoms with Crippen molar-refractivity contribution in [1.82, 2.24) is 10.2 Å². The third-order valence-corrected chi connectivity index (χ3v) is 7.95. The summed E-state index contributed by atoms with van der Waals surface area (Å²) in [5.74, 6) is 2.01. The fourth-order valence-electron chi connectivity index (χ4n) is 5.58. The SMILES string of the molecule is COCCCN1CCOc2ccc(CO[C@H]3CNC(CC[C@@H](C)OC(=O)N(C)C)CC3c3ccc(OC)cc3)cc21. The van der Waals surface area contributed by atoms with E-state index in [1.165, 1.54) is 10.5 Å². The molecular formula is C32H47N3O6. The summed E-state index contributed by atoms with van der Waals surface area (Å²) in [6, 6.07) is 15.0. The molecule has 0 saturated carbocycles. The Morgan fingerprint density at radius 1 is 1.17 bits per heavy atom. The molecule has 41 heavy (non-hydrogen) atoms. The number of nitrogens with zero attached hydrogens (tertiary/aromatic N) is 2. The largest absolute Gasteiger partial charge is 0.497 e. The smallest absolute Gasteiger partial charge is 0.409 e. The van der Waals surface area contributed by atoms with Crippen LogP contribution in [0.2, 0.25) is 0 Å². The first-order chi connectivity index (χ1) is 19.9. The van der Waals surface area contributed by atoms with Crippen molar-refractivity contribution in [3.05, 3.63) is 53.6 Å². The molecule has 2 aliphatic rings. The van der Waals surface area contributed by atoms with E-state index in [1.807, 2.05) is 19.1 Å². The molecule has 2 aromatic rings. The summed E-state index contributed by atoms with van der Waals surface area (Å²) < 4.78 is 28.7. The Hall–Kier alpha value is -3.01. The van der Waals surface area contributed by atoms with E-state index < -0.39 is 0 Å². The Kier molecular flexibility index (Phi) is 11.5. The number of hydrogen-bond acceptors (Lipinski definition) is 8. The highest BCUT2D eigenvalue weighted by molar-refractivity contribution is 5.66. The van der Waals surface area contributed by atoms with E-state index in [-0.39, 0.29) is 24.2 Å². The standard InChI is InChI=1S/C32H47N3O6/c1-23(41-32(36)34(2)3)7-11-26-20-28(25-9-12-27(38-5)13-10-25)31(21-33-26)40-22-24-8-14-30-29(19-24)35(16-18-39-30)15-6-17-37-4/h8-10,12-14,19,23,26,28,31,33H,6-7,11,15-18,20-22H2,1-5H3/t23-,26?,28?,31+/m1/s1. The summed E-state index contributed by atoms with van der Waals surface area (Å²) in [5.41, 5.74) is 3.52. The predicted molar refractivity (Wildman–Crippen MR) is 160 cm³/mol. The molecular weight excluding hydrogens is 522 g/mol. The summed E-state index contributed by atoms with van der Waals surface area (Å²) in [7, 11) is 6.84. The van der Waals surface area contributed by atoms with Crippen LogP contribution in [0, 0.1) is 0 Å². The molecule has 1 fully saturated rings. The molecule has 2 heterocycles. The summed E-state index contributed by atoms with van der Waals surface area (Å²) in [6.07, 6.45) is 3.23. The molecule has 4 rings (SSSR count). The lowest BCUT2D eigenvalue weighted by Crippen LogP contribution is -2.47. The average molecular weight is 570 g/mol. The minimum Gasteiger partial charge on any atom is -0.497 e. The Morgan fingerprint density at radius 3 is 2.71 bits per heavy atom. The minimum atomic E-state index is -0.300. The maximum Gasteiger partial charge on any atom is 0.409 e. The third kappa shape index (κ3) is 8.74. The first kappa shape index (κ1) is 30.9. The molecule has 0 radical (unpaired) electrons. The zero-order chi connectivity index (χ0) is 29.2. The number of anilines is 1. The van der Waals surface area contributed by atoms with Gasteiger partial charge in [0.25, 0.3) is 0 Å². The molecule has 4 atom stereocenters. The van der Waals surface area contributed by atoms with Crippen LogP contribution >= 0.6 is 0 Å². The maximum absolute atomic E-state index is 11.9. The average Bonchev–Trinajstić information content (AvgIpc) is 2.99. The second-order valence-corrected chi connectivity index (χ2v) is 11.2. The van der Waals surface area contributed by atoms with Gasteiger partial charge in [-0.15, -0.1) is 0 Å². The molecule has 0 spiro atoms. The number of carbonyl (C=O) groups excluding carboxylic acids is 1. The minimum absolute atomic E-state index is 0.0220. The maximum atomic E-state index is 11.9. The van der Waals surface area contributed by atoms with Gasteiger partial charge in [-0.3, -0.25) is 0 Å². The Labute approximate surface area is 245 Å². The molecule has 1 saturated heterocycles. The number of piperidine rings is 1. The number of fused-ring (bicyclic) bond motifs is 1. The van der Waals surface area contributed by atoms with Gasteiger partial charge in [-0.1, -0.05) is 18.2 Å². The van der Waals surface area contributed by atoms with Crippen LogP contribution in [0.15, 0.2) is 42.5 Å². The normalized spacial score (nSPS) is 21.0. The Balaban J connectivity index is 1.40. The molecule has 9 heteroatoms. The van der Waals surface area contributed by atoms with E-state index in [0.717, 1.165) is 74.7 Å². The Bertz CT molecular complexity index is 1100. The molecule has 226 valence electrons. The van der Waals surface area contributed by atoms with Crippen molar-refractivity contribution in [3.63, 3.8) is 0 Å². The van der Waals surface area contributed by atoms with Crippen molar-refractivity contribution < 1.29 is 28.5 Å². The summed E-state index contributed by atoms with van der Waals surface area (Å²) in [4.78, 5) is 15.8. The van der Waals surface area contributed by atoms with Gasteiger partial charge in [0, 0.05) is 52.9 Å². The summed E-state index contributed by atoms with van der Waals surface area (Å²) in [5, 5.41) is 3.70. The number of nitrogens with one attached hydrogen (secondary N) is 1. The van der Waals surface area contributed by atoms with Gasteiger partial charge in [-0.2, -0.15) is 0 Å². The van der Waals surface area contributed by atoms with Crippen molar-refractivity contribution in [2.45, 2.75) is 63.4 Å². The van der Waals surface area contributed by atoms with Gasteiger partial charge in [-0.25, -0.2) is 4.79 Å². The zero-order valence-corrected chi connectivity index (χ0v) is 25.3. The van der Waals surface area contributed by atoms with Gasteiger partial charge >= 0.3 is 6.09 Å². The lowest BCUT2D eigenvalue weighted by atomic mass is 9.82. The van der Waals surface area contributed by atoms with Crippen LogP contribution in [-0.4, -0.2) is 90.4 Å². The number of rotatable bonds is 13. The first-order valence-electron chi connectivity index (χ1n) is 14.7. The number of benzene rings is 2. The van der Waals surface area contributed by atoms with E-state index in [1.54, 1.807) is 28.3 Å². The van der Waals surface area contributed by atoms with Gasteiger partial charge < -0.3 is 38.8 Å². The molecule has 1 amide bonds. The van der Waals surface area contributed by atoms with Crippen molar-refractivity contribution in [2.24, 2.45) is 0 Å². The van der Waals surface area contributed by atoms with Gasteiger partial charge in [-0.05, 0) is 68.0 Å². The molecule has 0 aromatic heterocycles. The van der Waals surface area contributed by atoms with Gasteiger partial charge in [0.2, 0.25) is 0 Å². The number of methoxy groups -OCH3 is 2. The van der Waals surface area contributed by atoms with Crippen LogP contribution < -0.4 is 19.7 Å². The van der Waals surface area contributed by atoms with Gasteiger partial charge in [0.1, 0.15) is 24.2 Å². The Morgan fingerprint density at radius 2 is 1.98 bits per heavy atom. The molecule has 0 aliphatic carbocycles. The van der Waals surface area contributed by atoms with E-state index in [4.69, 9.17) is 23.7 Å². The number of carbonyl (C=O) groups is 1. The highest BCUT2D eigenvalue weighted by Crippen LogP contribution is 2.35. The van der Waals surface area contributed by atoms with Crippen LogP contribution in [-0.2, 0) is 20.8 Å². The summed E-state index contributed by atoms with van der Waals surface area (Å²) >= 11 is 0. The topological polar surface area (TPSA) is 81.7 Å². The first-order valence-corrected chi connectivity index (χ1v) is 14.7. The zero-order valence-electron chi connectivity index (χ0n) is 25.3. The number of amides is 1. The molecule has 9 nitrogen and oxygen atoms in total. The van der Waals surface area contributed by atoms with E-state index in [0.29, 0.717) is 19.3 Å². The van der Waals surface area contributed by atoms with Crippen LogP contribution in [0.3, 0.4) is 0 Å².